The molecule has 0 aliphatic heterocycles. The van der Waals surface area contributed by atoms with Crippen LogP contribution < -0.4 is 10.1 Å². The van der Waals surface area contributed by atoms with Gasteiger partial charge in [-0.3, -0.25) is 4.79 Å². The van der Waals surface area contributed by atoms with Gasteiger partial charge in [0.25, 0.3) is 0 Å². The van der Waals surface area contributed by atoms with Crippen molar-refractivity contribution in [2.45, 2.75) is 12.5 Å². The molecule has 0 aliphatic rings. The first-order valence-corrected chi connectivity index (χ1v) is 10.4. The van der Waals surface area contributed by atoms with Crippen molar-refractivity contribution in [2.24, 2.45) is 0 Å². The molecule has 0 fully saturated rings. The van der Waals surface area contributed by atoms with Crippen molar-refractivity contribution in [1.29, 1.82) is 0 Å². The lowest BCUT2D eigenvalue weighted by molar-refractivity contribution is -0.120. The molecular formula is C28H25NO2. The number of nitrogens with one attached hydrogen (secondary N) is 1. The van der Waals surface area contributed by atoms with Crippen molar-refractivity contribution >= 4 is 5.91 Å². The minimum Gasteiger partial charge on any atom is -0.497 e. The second kappa shape index (κ2) is 9.77. The van der Waals surface area contributed by atoms with E-state index in [9.17, 15) is 4.79 Å². The van der Waals surface area contributed by atoms with Crippen LogP contribution in [0.1, 0.15) is 22.7 Å². The van der Waals surface area contributed by atoms with E-state index in [1.54, 1.807) is 7.11 Å². The maximum Gasteiger partial charge on any atom is 0.225 e. The van der Waals surface area contributed by atoms with Gasteiger partial charge in [-0.2, -0.15) is 0 Å². The van der Waals surface area contributed by atoms with Gasteiger partial charge in [0.05, 0.1) is 19.6 Å². The number of methoxy groups -OCH3 is 1. The van der Waals surface area contributed by atoms with Gasteiger partial charge in [-0.15, -0.1) is 0 Å². The van der Waals surface area contributed by atoms with E-state index in [0.717, 1.165) is 28.0 Å². The Hall–Kier alpha value is -3.85. The second-order valence-electron chi connectivity index (χ2n) is 7.42. The molecule has 0 unspecified atom stereocenters. The van der Waals surface area contributed by atoms with Gasteiger partial charge in [0.15, 0.2) is 0 Å². The average Bonchev–Trinajstić information content (AvgIpc) is 2.84. The number of hydrogen-bond donors (Lipinski definition) is 1. The van der Waals surface area contributed by atoms with Crippen LogP contribution >= 0.6 is 0 Å². The summed E-state index contributed by atoms with van der Waals surface area (Å²) in [4.78, 5) is 12.9. The molecule has 154 valence electrons. The fourth-order valence-corrected chi connectivity index (χ4v) is 3.64. The Morgan fingerprint density at radius 2 is 1.26 bits per heavy atom. The van der Waals surface area contributed by atoms with E-state index in [1.807, 2.05) is 72.8 Å². The van der Waals surface area contributed by atoms with Crippen molar-refractivity contribution in [3.63, 3.8) is 0 Å². The Labute approximate surface area is 183 Å². The zero-order valence-corrected chi connectivity index (χ0v) is 17.5. The molecule has 0 radical (unpaired) electrons. The monoisotopic (exact) mass is 407 g/mol. The normalized spacial score (nSPS) is 11.5. The van der Waals surface area contributed by atoms with Crippen LogP contribution in [0.15, 0.2) is 109 Å². The van der Waals surface area contributed by atoms with Crippen LogP contribution in [0.25, 0.3) is 11.1 Å². The number of carbonyl (C=O) groups is 1. The Morgan fingerprint density at radius 3 is 1.87 bits per heavy atom. The van der Waals surface area contributed by atoms with Crippen molar-refractivity contribution in [2.75, 3.05) is 7.11 Å². The number of ether oxygens (including phenoxy) is 1. The fourth-order valence-electron chi connectivity index (χ4n) is 3.64. The molecular weight excluding hydrogens is 382 g/mol. The lowest BCUT2D eigenvalue weighted by atomic mass is 9.96. The standard InChI is InChI=1S/C28H25NO2/c1-31-26-18-12-21(13-19-26)20-27(30)29-28(24-10-6-3-7-11-24)25-16-14-23(15-17-25)22-8-4-2-5-9-22/h2-19,28H,20H2,1H3,(H,29,30)/t28-/m0/s1. The van der Waals surface area contributed by atoms with E-state index < -0.39 is 0 Å². The lowest BCUT2D eigenvalue weighted by Crippen LogP contribution is -2.30. The molecule has 4 aromatic carbocycles. The first kappa shape index (κ1) is 20.4. The van der Waals surface area contributed by atoms with E-state index in [0.29, 0.717) is 6.42 Å². The van der Waals surface area contributed by atoms with Gasteiger partial charge in [0.1, 0.15) is 5.75 Å². The largest absolute Gasteiger partial charge is 0.497 e. The van der Waals surface area contributed by atoms with Crippen molar-refractivity contribution < 1.29 is 9.53 Å². The van der Waals surface area contributed by atoms with Crippen molar-refractivity contribution in [3.05, 3.63) is 126 Å². The molecule has 0 bridgehead atoms. The summed E-state index contributed by atoms with van der Waals surface area (Å²) < 4.78 is 5.20. The van der Waals surface area contributed by atoms with E-state index in [1.165, 1.54) is 5.56 Å². The molecule has 0 saturated carbocycles. The zero-order valence-electron chi connectivity index (χ0n) is 17.5. The van der Waals surface area contributed by atoms with Crippen LogP contribution in [0, 0.1) is 0 Å². The van der Waals surface area contributed by atoms with Crippen LogP contribution in [-0.4, -0.2) is 13.0 Å². The Kier molecular flexibility index (Phi) is 6.44. The molecule has 3 nitrogen and oxygen atoms in total. The SMILES string of the molecule is COc1ccc(CC(=O)N[C@@H](c2ccccc2)c2ccc(-c3ccccc3)cc2)cc1. The summed E-state index contributed by atoms with van der Waals surface area (Å²) >= 11 is 0. The highest BCUT2D eigenvalue weighted by atomic mass is 16.5. The maximum atomic E-state index is 12.9. The van der Waals surface area contributed by atoms with Gasteiger partial charge in [0.2, 0.25) is 5.91 Å². The van der Waals surface area contributed by atoms with Crippen LogP contribution in [0.4, 0.5) is 0 Å². The van der Waals surface area contributed by atoms with Crippen LogP contribution in [0.5, 0.6) is 5.75 Å². The molecule has 1 atom stereocenters. The number of carbonyl (C=O) groups excluding carboxylic acids is 1. The predicted octanol–water partition coefficient (Wildman–Crippen LogP) is 5.81. The Morgan fingerprint density at radius 1 is 0.710 bits per heavy atom. The zero-order chi connectivity index (χ0) is 21.5. The molecule has 4 rings (SSSR count). The van der Waals surface area contributed by atoms with E-state index in [-0.39, 0.29) is 11.9 Å². The minimum atomic E-state index is -0.211. The van der Waals surface area contributed by atoms with Crippen molar-refractivity contribution in [3.8, 4) is 16.9 Å². The summed E-state index contributed by atoms with van der Waals surface area (Å²) in [6, 6.07) is 36.1. The summed E-state index contributed by atoms with van der Waals surface area (Å²) in [5.41, 5.74) is 5.38. The molecule has 3 heteroatoms. The summed E-state index contributed by atoms with van der Waals surface area (Å²) in [6.45, 7) is 0. The smallest absolute Gasteiger partial charge is 0.225 e. The third-order valence-electron chi connectivity index (χ3n) is 5.31. The molecule has 4 aromatic rings. The van der Waals surface area contributed by atoms with E-state index >= 15 is 0 Å². The molecule has 31 heavy (non-hydrogen) atoms. The first-order chi connectivity index (χ1) is 15.2. The molecule has 1 amide bonds. The molecule has 0 spiro atoms. The minimum absolute atomic E-state index is 0.0221. The predicted molar refractivity (Wildman–Crippen MR) is 125 cm³/mol. The lowest BCUT2D eigenvalue weighted by Gasteiger charge is -2.20. The molecule has 0 heterocycles. The molecule has 0 aromatic heterocycles. The van der Waals surface area contributed by atoms with Gasteiger partial charge >= 0.3 is 0 Å². The van der Waals surface area contributed by atoms with Gasteiger partial charge < -0.3 is 10.1 Å². The first-order valence-electron chi connectivity index (χ1n) is 10.4. The number of amides is 1. The van der Waals surface area contributed by atoms with E-state index in [4.69, 9.17) is 4.74 Å². The van der Waals surface area contributed by atoms with Crippen LogP contribution in [0.2, 0.25) is 0 Å². The number of rotatable bonds is 7. The second-order valence-corrected chi connectivity index (χ2v) is 7.42. The third kappa shape index (κ3) is 5.20. The van der Waals surface area contributed by atoms with Gasteiger partial charge in [-0.05, 0) is 39.9 Å². The molecule has 0 saturated heterocycles. The number of hydrogen-bond acceptors (Lipinski definition) is 2. The highest BCUT2D eigenvalue weighted by molar-refractivity contribution is 5.79. The van der Waals surface area contributed by atoms with Crippen molar-refractivity contribution in [1.82, 2.24) is 5.32 Å². The highest BCUT2D eigenvalue weighted by Crippen LogP contribution is 2.26. The third-order valence-corrected chi connectivity index (χ3v) is 5.31. The highest BCUT2D eigenvalue weighted by Gasteiger charge is 2.17. The van der Waals surface area contributed by atoms with Gasteiger partial charge in [-0.25, -0.2) is 0 Å². The van der Waals surface area contributed by atoms with Gasteiger partial charge in [0, 0.05) is 0 Å². The Bertz CT molecular complexity index is 1110. The molecule has 1 N–H and O–H groups in total. The molecule has 0 aliphatic carbocycles. The van der Waals surface area contributed by atoms with Crippen LogP contribution in [-0.2, 0) is 11.2 Å². The summed E-state index contributed by atoms with van der Waals surface area (Å²) in [7, 11) is 1.63. The fraction of sp³-hybridized carbons (Fsp3) is 0.107. The summed E-state index contributed by atoms with van der Waals surface area (Å²) in [5.74, 6) is 0.760. The van der Waals surface area contributed by atoms with Gasteiger partial charge in [-0.1, -0.05) is 97.1 Å². The average molecular weight is 408 g/mol. The maximum absolute atomic E-state index is 12.9. The topological polar surface area (TPSA) is 38.3 Å². The summed E-state index contributed by atoms with van der Waals surface area (Å²) in [5, 5.41) is 3.22. The Balaban J connectivity index is 1.55. The van der Waals surface area contributed by atoms with E-state index in [2.05, 4.69) is 41.7 Å². The number of benzene rings is 4. The summed E-state index contributed by atoms with van der Waals surface area (Å²) in [6.07, 6.45) is 0.315. The quantitative estimate of drug-likeness (QED) is 0.420. The van der Waals surface area contributed by atoms with Crippen LogP contribution in [0.3, 0.4) is 0 Å².